The summed E-state index contributed by atoms with van der Waals surface area (Å²) in [6.45, 7) is 0. The molecule has 2 atom stereocenters. The normalized spacial score (nSPS) is 13.0. The summed E-state index contributed by atoms with van der Waals surface area (Å²) in [5, 5.41) is 23.6. The Labute approximate surface area is 197 Å². The van der Waals surface area contributed by atoms with Crippen molar-refractivity contribution in [2.75, 3.05) is 12.4 Å². The minimum absolute atomic E-state index is 0.101. The summed E-state index contributed by atoms with van der Waals surface area (Å²) in [5.74, 6) is -0.881. The second-order valence-electron chi connectivity index (χ2n) is 6.72. The summed E-state index contributed by atoms with van der Waals surface area (Å²) >= 11 is 2.07. The van der Waals surface area contributed by atoms with E-state index in [0.29, 0.717) is 11.3 Å². The standard InChI is InChI=1S/C23H21IN2O6/c1-31-20(11-12-21(28)26-30)22(17-13-15(24)9-10-19(17)27)32-23(29)25-18-8-4-6-14-5-2-3-7-16(14)18/h2-13,20,22,27,30H,1H3,(H,25,29)(H,26,28)/b12-11+/t20-,22-/m1/s1. The highest BCUT2D eigenvalue weighted by atomic mass is 127. The van der Waals surface area contributed by atoms with E-state index in [1.54, 1.807) is 18.2 Å². The number of methoxy groups -OCH3 is 1. The van der Waals surface area contributed by atoms with Gasteiger partial charge in [-0.05, 0) is 58.3 Å². The highest BCUT2D eigenvalue weighted by molar-refractivity contribution is 14.1. The zero-order chi connectivity index (χ0) is 23.1. The van der Waals surface area contributed by atoms with Gasteiger partial charge in [-0.25, -0.2) is 10.3 Å². The molecule has 9 heteroatoms. The van der Waals surface area contributed by atoms with Crippen LogP contribution in [0.1, 0.15) is 11.7 Å². The number of carbonyl (C=O) groups is 2. The second-order valence-corrected chi connectivity index (χ2v) is 7.96. The molecule has 4 N–H and O–H groups in total. The van der Waals surface area contributed by atoms with Crippen LogP contribution in [0.2, 0.25) is 0 Å². The number of phenols is 1. The Kier molecular flexibility index (Phi) is 8.03. The van der Waals surface area contributed by atoms with Crippen molar-refractivity contribution in [2.24, 2.45) is 0 Å². The van der Waals surface area contributed by atoms with Gasteiger partial charge in [0.05, 0.1) is 5.69 Å². The van der Waals surface area contributed by atoms with Gasteiger partial charge in [-0.15, -0.1) is 0 Å². The maximum atomic E-state index is 12.8. The Morgan fingerprint density at radius 2 is 1.84 bits per heavy atom. The molecule has 0 heterocycles. The molecule has 0 saturated heterocycles. The van der Waals surface area contributed by atoms with Gasteiger partial charge >= 0.3 is 6.09 Å². The van der Waals surface area contributed by atoms with E-state index < -0.39 is 24.2 Å². The first-order chi connectivity index (χ1) is 15.4. The number of fused-ring (bicyclic) bond motifs is 1. The molecule has 3 aromatic carbocycles. The first-order valence-electron chi connectivity index (χ1n) is 9.51. The number of nitrogens with one attached hydrogen (secondary N) is 2. The molecule has 0 radical (unpaired) electrons. The summed E-state index contributed by atoms with van der Waals surface area (Å²) in [4.78, 5) is 24.3. The minimum Gasteiger partial charge on any atom is -0.508 e. The Balaban J connectivity index is 1.92. The van der Waals surface area contributed by atoms with Crippen LogP contribution >= 0.6 is 22.6 Å². The van der Waals surface area contributed by atoms with E-state index in [9.17, 15) is 14.7 Å². The van der Waals surface area contributed by atoms with E-state index in [0.717, 1.165) is 20.4 Å². The zero-order valence-electron chi connectivity index (χ0n) is 17.0. The van der Waals surface area contributed by atoms with Crippen LogP contribution in [0, 0.1) is 3.57 Å². The third-order valence-electron chi connectivity index (χ3n) is 4.67. The van der Waals surface area contributed by atoms with Crippen molar-refractivity contribution in [2.45, 2.75) is 12.2 Å². The average molecular weight is 548 g/mol. The minimum atomic E-state index is -1.09. The largest absolute Gasteiger partial charge is 0.508 e. The van der Waals surface area contributed by atoms with E-state index in [-0.39, 0.29) is 5.75 Å². The number of hydrogen-bond donors (Lipinski definition) is 4. The van der Waals surface area contributed by atoms with Crippen molar-refractivity contribution >= 4 is 51.1 Å². The number of halogens is 1. The van der Waals surface area contributed by atoms with Crippen LogP contribution < -0.4 is 10.8 Å². The van der Waals surface area contributed by atoms with Gasteiger partial charge < -0.3 is 14.6 Å². The molecular formula is C23H21IN2O6. The van der Waals surface area contributed by atoms with Crippen LogP contribution in [0.3, 0.4) is 0 Å². The summed E-state index contributed by atoms with van der Waals surface area (Å²) in [6.07, 6.45) is -0.437. The summed E-state index contributed by atoms with van der Waals surface area (Å²) in [7, 11) is 1.37. The fraction of sp³-hybridized carbons (Fsp3) is 0.130. The number of phenolic OH excluding ortho intramolecular Hbond substituents is 1. The van der Waals surface area contributed by atoms with Crippen molar-refractivity contribution in [3.05, 3.63) is 81.9 Å². The summed E-state index contributed by atoms with van der Waals surface area (Å²) < 4.78 is 11.9. The van der Waals surface area contributed by atoms with Crippen LogP contribution in [-0.2, 0) is 14.3 Å². The molecule has 0 aliphatic carbocycles. The van der Waals surface area contributed by atoms with Gasteiger partial charge in [0.1, 0.15) is 11.9 Å². The quantitative estimate of drug-likeness (QED) is 0.149. The Morgan fingerprint density at radius 1 is 1.09 bits per heavy atom. The molecule has 0 spiro atoms. The lowest BCUT2D eigenvalue weighted by Crippen LogP contribution is -2.27. The predicted molar refractivity (Wildman–Crippen MR) is 127 cm³/mol. The maximum absolute atomic E-state index is 12.8. The van der Waals surface area contributed by atoms with E-state index >= 15 is 0 Å². The lowest BCUT2D eigenvalue weighted by molar-refractivity contribution is -0.124. The van der Waals surface area contributed by atoms with Crippen molar-refractivity contribution in [1.29, 1.82) is 0 Å². The predicted octanol–water partition coefficient (Wildman–Crippen LogP) is 4.52. The van der Waals surface area contributed by atoms with Crippen LogP contribution in [0.5, 0.6) is 5.75 Å². The fourth-order valence-electron chi connectivity index (χ4n) is 3.17. The van der Waals surface area contributed by atoms with Crippen LogP contribution in [0.25, 0.3) is 10.8 Å². The third kappa shape index (κ3) is 5.75. The number of benzene rings is 3. The number of hydroxylamine groups is 1. The monoisotopic (exact) mass is 548 g/mol. The van der Waals surface area contributed by atoms with Crippen LogP contribution in [0.15, 0.2) is 72.8 Å². The average Bonchev–Trinajstić information content (AvgIpc) is 2.80. The van der Waals surface area contributed by atoms with Gasteiger partial charge in [-0.3, -0.25) is 15.3 Å². The van der Waals surface area contributed by atoms with Crippen molar-refractivity contribution in [3.63, 3.8) is 0 Å². The highest BCUT2D eigenvalue weighted by Crippen LogP contribution is 2.33. The van der Waals surface area contributed by atoms with E-state index in [1.165, 1.54) is 24.7 Å². The molecule has 2 amide bonds. The first kappa shape index (κ1) is 23.5. The molecule has 0 unspecified atom stereocenters. The highest BCUT2D eigenvalue weighted by Gasteiger charge is 2.28. The second kappa shape index (κ2) is 10.9. The van der Waals surface area contributed by atoms with Gasteiger partial charge in [-0.2, -0.15) is 0 Å². The van der Waals surface area contributed by atoms with Crippen LogP contribution in [0.4, 0.5) is 10.5 Å². The summed E-state index contributed by atoms with van der Waals surface area (Å²) in [6, 6.07) is 17.9. The Bertz CT molecular complexity index is 1150. The number of aromatic hydroxyl groups is 1. The molecular weight excluding hydrogens is 527 g/mol. The topological polar surface area (TPSA) is 117 Å². The number of hydrogen-bond acceptors (Lipinski definition) is 6. The molecule has 0 aromatic heterocycles. The molecule has 0 saturated carbocycles. The fourth-order valence-corrected chi connectivity index (χ4v) is 3.69. The lowest BCUT2D eigenvalue weighted by atomic mass is 10.0. The van der Waals surface area contributed by atoms with Gasteiger partial charge in [0.15, 0.2) is 6.10 Å². The summed E-state index contributed by atoms with van der Waals surface area (Å²) in [5.41, 5.74) is 2.34. The molecule has 3 rings (SSSR count). The molecule has 3 aromatic rings. The Morgan fingerprint density at radius 3 is 2.59 bits per heavy atom. The van der Waals surface area contributed by atoms with Gasteiger partial charge in [0.2, 0.25) is 0 Å². The zero-order valence-corrected chi connectivity index (χ0v) is 19.1. The van der Waals surface area contributed by atoms with E-state index in [4.69, 9.17) is 14.7 Å². The molecule has 166 valence electrons. The number of rotatable bonds is 7. The number of carbonyl (C=O) groups excluding carboxylic acids is 2. The smallest absolute Gasteiger partial charge is 0.412 e. The van der Waals surface area contributed by atoms with Gasteiger partial charge in [-0.1, -0.05) is 36.4 Å². The van der Waals surface area contributed by atoms with Crippen LogP contribution in [-0.4, -0.2) is 35.5 Å². The molecule has 0 fully saturated rings. The molecule has 0 aliphatic rings. The lowest BCUT2D eigenvalue weighted by Gasteiger charge is -2.25. The molecule has 0 bridgehead atoms. The van der Waals surface area contributed by atoms with Crippen molar-refractivity contribution in [3.8, 4) is 5.75 Å². The van der Waals surface area contributed by atoms with Gasteiger partial charge in [0, 0.05) is 27.7 Å². The Hall–Kier alpha value is -3.15. The molecule has 8 nitrogen and oxygen atoms in total. The number of amides is 2. The van der Waals surface area contributed by atoms with Gasteiger partial charge in [0.25, 0.3) is 5.91 Å². The SMILES string of the molecule is CO[C@H](/C=C/C(=O)NO)[C@H](OC(=O)Nc1cccc2ccccc12)c1cc(I)ccc1O. The third-order valence-corrected chi connectivity index (χ3v) is 5.35. The van der Waals surface area contributed by atoms with Crippen molar-refractivity contribution < 1.29 is 29.4 Å². The number of ether oxygens (including phenoxy) is 2. The first-order valence-corrected chi connectivity index (χ1v) is 10.6. The maximum Gasteiger partial charge on any atom is 0.412 e. The van der Waals surface area contributed by atoms with E-state index in [1.807, 2.05) is 36.4 Å². The van der Waals surface area contributed by atoms with Crippen molar-refractivity contribution in [1.82, 2.24) is 5.48 Å². The molecule has 32 heavy (non-hydrogen) atoms. The molecule has 0 aliphatic heterocycles. The van der Waals surface area contributed by atoms with E-state index in [2.05, 4.69) is 27.9 Å². The number of anilines is 1.